The monoisotopic (exact) mass is 264 g/mol. The number of primary amides is 1. The quantitative estimate of drug-likeness (QED) is 0.824. The van der Waals surface area contributed by atoms with Crippen LogP contribution < -0.4 is 11.1 Å². The highest BCUT2D eigenvalue weighted by Gasteiger charge is 2.36. The third-order valence-electron chi connectivity index (χ3n) is 3.85. The average Bonchev–Trinajstić information content (AvgIpc) is 2.54. The van der Waals surface area contributed by atoms with Crippen molar-refractivity contribution in [2.75, 3.05) is 5.32 Å². The summed E-state index contributed by atoms with van der Waals surface area (Å²) >= 11 is 0. The fourth-order valence-corrected chi connectivity index (χ4v) is 2.85. The topological polar surface area (TPSA) is 55.1 Å². The van der Waals surface area contributed by atoms with E-state index in [1.165, 1.54) is 12.1 Å². The standard InChI is InChI=1S/C15H21FN2O/c1-11-8-12(16)10-13(9-11)18-15(14(17)19)6-4-2-3-5-7-15/h8-10,18H,2-7H2,1H3,(H2,17,19). The zero-order valence-electron chi connectivity index (χ0n) is 11.3. The van der Waals surface area contributed by atoms with Crippen LogP contribution in [0.4, 0.5) is 10.1 Å². The van der Waals surface area contributed by atoms with Crippen LogP contribution in [0.2, 0.25) is 0 Å². The van der Waals surface area contributed by atoms with Gasteiger partial charge in [-0.2, -0.15) is 0 Å². The average molecular weight is 264 g/mol. The molecule has 0 radical (unpaired) electrons. The summed E-state index contributed by atoms with van der Waals surface area (Å²) in [6.45, 7) is 1.83. The van der Waals surface area contributed by atoms with E-state index in [1.54, 1.807) is 0 Å². The second kappa shape index (κ2) is 5.59. The maximum absolute atomic E-state index is 13.4. The van der Waals surface area contributed by atoms with Crippen molar-refractivity contribution in [3.05, 3.63) is 29.6 Å². The van der Waals surface area contributed by atoms with Crippen molar-refractivity contribution in [3.63, 3.8) is 0 Å². The van der Waals surface area contributed by atoms with Gasteiger partial charge in [-0.25, -0.2) is 4.39 Å². The molecule has 0 spiro atoms. The fourth-order valence-electron chi connectivity index (χ4n) is 2.85. The number of benzene rings is 1. The SMILES string of the molecule is Cc1cc(F)cc(NC2(C(N)=O)CCCCCC2)c1. The Balaban J connectivity index is 2.27. The van der Waals surface area contributed by atoms with Gasteiger partial charge < -0.3 is 11.1 Å². The number of nitrogens with one attached hydrogen (secondary N) is 1. The number of nitrogens with two attached hydrogens (primary N) is 1. The number of hydrogen-bond donors (Lipinski definition) is 2. The summed E-state index contributed by atoms with van der Waals surface area (Å²) in [7, 11) is 0. The van der Waals surface area contributed by atoms with Crippen LogP contribution >= 0.6 is 0 Å². The van der Waals surface area contributed by atoms with Crippen LogP contribution in [0.1, 0.15) is 44.1 Å². The van der Waals surface area contributed by atoms with Gasteiger partial charge in [0, 0.05) is 5.69 Å². The molecule has 1 aliphatic rings. The molecule has 1 amide bonds. The number of anilines is 1. The van der Waals surface area contributed by atoms with Gasteiger partial charge in [0.1, 0.15) is 11.4 Å². The smallest absolute Gasteiger partial charge is 0.243 e. The van der Waals surface area contributed by atoms with Crippen LogP contribution in [-0.2, 0) is 4.79 Å². The first-order valence-electron chi connectivity index (χ1n) is 6.87. The van der Waals surface area contributed by atoms with Crippen LogP contribution in [0.15, 0.2) is 18.2 Å². The van der Waals surface area contributed by atoms with E-state index in [0.717, 1.165) is 44.1 Å². The molecule has 2 rings (SSSR count). The van der Waals surface area contributed by atoms with Crippen molar-refractivity contribution in [2.24, 2.45) is 5.73 Å². The molecule has 0 unspecified atom stereocenters. The molecule has 1 aromatic rings. The molecule has 3 nitrogen and oxygen atoms in total. The maximum Gasteiger partial charge on any atom is 0.243 e. The first-order valence-corrected chi connectivity index (χ1v) is 6.87. The molecule has 1 fully saturated rings. The Morgan fingerprint density at radius 1 is 1.21 bits per heavy atom. The minimum absolute atomic E-state index is 0.296. The fraction of sp³-hybridized carbons (Fsp3) is 0.533. The number of rotatable bonds is 3. The van der Waals surface area contributed by atoms with Crippen LogP contribution in [0.3, 0.4) is 0 Å². The van der Waals surface area contributed by atoms with E-state index in [4.69, 9.17) is 5.73 Å². The van der Waals surface area contributed by atoms with Gasteiger partial charge in [0.2, 0.25) is 5.91 Å². The van der Waals surface area contributed by atoms with Crippen LogP contribution in [0, 0.1) is 12.7 Å². The summed E-state index contributed by atoms with van der Waals surface area (Å²) in [6, 6.07) is 4.73. The van der Waals surface area contributed by atoms with Gasteiger partial charge in [0.05, 0.1) is 0 Å². The first-order chi connectivity index (χ1) is 9.02. The maximum atomic E-state index is 13.4. The van der Waals surface area contributed by atoms with E-state index in [1.807, 2.05) is 13.0 Å². The van der Waals surface area contributed by atoms with Crippen LogP contribution in [-0.4, -0.2) is 11.4 Å². The number of carbonyl (C=O) groups excluding carboxylic acids is 1. The molecule has 0 atom stereocenters. The Hall–Kier alpha value is -1.58. The van der Waals surface area contributed by atoms with E-state index in [-0.39, 0.29) is 11.7 Å². The van der Waals surface area contributed by atoms with E-state index in [2.05, 4.69) is 5.32 Å². The molecular weight excluding hydrogens is 243 g/mol. The third kappa shape index (κ3) is 3.25. The zero-order chi connectivity index (χ0) is 13.9. The minimum Gasteiger partial charge on any atom is -0.371 e. The van der Waals surface area contributed by atoms with Gasteiger partial charge in [-0.1, -0.05) is 25.7 Å². The number of hydrogen-bond acceptors (Lipinski definition) is 2. The van der Waals surface area contributed by atoms with Crippen LogP contribution in [0.5, 0.6) is 0 Å². The predicted octanol–water partition coefficient (Wildman–Crippen LogP) is 3.12. The summed E-state index contributed by atoms with van der Waals surface area (Å²) in [5, 5.41) is 3.20. The minimum atomic E-state index is -0.725. The molecule has 0 bridgehead atoms. The summed E-state index contributed by atoms with van der Waals surface area (Å²) in [6.07, 6.45) is 5.64. The predicted molar refractivity (Wildman–Crippen MR) is 74.4 cm³/mol. The largest absolute Gasteiger partial charge is 0.371 e. The van der Waals surface area contributed by atoms with Crippen molar-refractivity contribution in [3.8, 4) is 0 Å². The summed E-state index contributed by atoms with van der Waals surface area (Å²) in [5.74, 6) is -0.632. The van der Waals surface area contributed by atoms with Crippen LogP contribution in [0.25, 0.3) is 0 Å². The highest BCUT2D eigenvalue weighted by molar-refractivity contribution is 5.88. The Morgan fingerprint density at radius 2 is 1.84 bits per heavy atom. The lowest BCUT2D eigenvalue weighted by molar-refractivity contribution is -0.122. The molecular formula is C15H21FN2O. The van der Waals surface area contributed by atoms with E-state index in [0.29, 0.717) is 5.69 Å². The highest BCUT2D eigenvalue weighted by Crippen LogP contribution is 2.31. The highest BCUT2D eigenvalue weighted by atomic mass is 19.1. The number of aryl methyl sites for hydroxylation is 1. The Morgan fingerprint density at radius 3 is 2.37 bits per heavy atom. The van der Waals surface area contributed by atoms with Gasteiger partial charge in [0.25, 0.3) is 0 Å². The Kier molecular flexibility index (Phi) is 4.08. The number of halogens is 1. The van der Waals surface area contributed by atoms with Crippen molar-refractivity contribution >= 4 is 11.6 Å². The molecule has 1 aliphatic carbocycles. The zero-order valence-corrected chi connectivity index (χ0v) is 11.3. The van der Waals surface area contributed by atoms with E-state index >= 15 is 0 Å². The van der Waals surface area contributed by atoms with Crippen molar-refractivity contribution in [1.82, 2.24) is 0 Å². The molecule has 0 aliphatic heterocycles. The van der Waals surface area contributed by atoms with Gasteiger partial charge in [0.15, 0.2) is 0 Å². The first kappa shape index (κ1) is 13.8. The lowest BCUT2D eigenvalue weighted by Gasteiger charge is -2.31. The van der Waals surface area contributed by atoms with E-state index < -0.39 is 5.54 Å². The molecule has 3 N–H and O–H groups in total. The molecule has 1 saturated carbocycles. The Labute approximate surface area is 113 Å². The molecule has 104 valence electrons. The number of amides is 1. The van der Waals surface area contributed by atoms with Crippen molar-refractivity contribution in [2.45, 2.75) is 51.0 Å². The molecule has 0 heterocycles. The molecule has 0 aromatic heterocycles. The second-order valence-corrected chi connectivity index (χ2v) is 5.50. The normalized spacial score (nSPS) is 18.6. The summed E-state index contributed by atoms with van der Waals surface area (Å²) in [5.41, 5.74) is 6.34. The van der Waals surface area contributed by atoms with Crippen molar-refractivity contribution in [1.29, 1.82) is 0 Å². The molecule has 4 heteroatoms. The number of carbonyl (C=O) groups is 1. The van der Waals surface area contributed by atoms with Crippen molar-refractivity contribution < 1.29 is 9.18 Å². The van der Waals surface area contributed by atoms with Gasteiger partial charge in [-0.3, -0.25) is 4.79 Å². The molecule has 0 saturated heterocycles. The third-order valence-corrected chi connectivity index (χ3v) is 3.85. The molecule has 19 heavy (non-hydrogen) atoms. The van der Waals surface area contributed by atoms with Gasteiger partial charge in [-0.05, 0) is 43.5 Å². The van der Waals surface area contributed by atoms with Gasteiger partial charge >= 0.3 is 0 Å². The lowest BCUT2D eigenvalue weighted by atomic mass is 9.89. The van der Waals surface area contributed by atoms with Gasteiger partial charge in [-0.15, -0.1) is 0 Å². The summed E-state index contributed by atoms with van der Waals surface area (Å²) < 4.78 is 13.4. The Bertz CT molecular complexity index is 445. The van der Waals surface area contributed by atoms with E-state index in [9.17, 15) is 9.18 Å². The summed E-state index contributed by atoms with van der Waals surface area (Å²) in [4.78, 5) is 11.9. The second-order valence-electron chi connectivity index (χ2n) is 5.50. The lowest BCUT2D eigenvalue weighted by Crippen LogP contribution is -2.50. The molecule has 1 aromatic carbocycles.